The molecule has 1 aliphatic heterocycles. The van der Waals surface area contributed by atoms with Crippen LogP contribution in [0.4, 0.5) is 0 Å². The van der Waals surface area contributed by atoms with Crippen molar-refractivity contribution in [3.05, 3.63) is 77.9 Å². The third-order valence-electron chi connectivity index (χ3n) is 10.4. The molecule has 0 spiro atoms. The van der Waals surface area contributed by atoms with Gasteiger partial charge in [0, 0.05) is 39.4 Å². The Bertz CT molecular complexity index is 2180. The molecule has 4 atom stereocenters. The van der Waals surface area contributed by atoms with Crippen molar-refractivity contribution in [2.75, 3.05) is 32.7 Å². The SMILES string of the molecule is CC(=O)NCC(=O)NC(N)=NCCCCCCN1C(=O)[C@@H](Cc2ccc(O)cc2)NC(=O)CNC(=O)[C@H](Cc2ccc3ccccc3c2)NC(=O)[C@H](CCCN=C(N)N)NC(=O)[C@H]1C. The average molecular weight is 885 g/mol. The summed E-state index contributed by atoms with van der Waals surface area (Å²) in [7, 11) is 0. The first kappa shape index (κ1) is 49.4. The fourth-order valence-electron chi connectivity index (χ4n) is 6.97. The van der Waals surface area contributed by atoms with Crippen molar-refractivity contribution < 1.29 is 38.7 Å². The smallest absolute Gasteiger partial charge is 0.246 e. The summed E-state index contributed by atoms with van der Waals surface area (Å²) in [4.78, 5) is 103. The van der Waals surface area contributed by atoms with Gasteiger partial charge in [0.1, 0.15) is 29.9 Å². The van der Waals surface area contributed by atoms with Gasteiger partial charge in [0.25, 0.3) is 0 Å². The molecule has 0 radical (unpaired) electrons. The van der Waals surface area contributed by atoms with E-state index in [1.807, 2.05) is 42.5 Å². The van der Waals surface area contributed by atoms with E-state index in [4.69, 9.17) is 17.2 Å². The number of amides is 7. The van der Waals surface area contributed by atoms with Crippen molar-refractivity contribution in [2.45, 2.75) is 89.4 Å². The minimum Gasteiger partial charge on any atom is -0.508 e. The molecule has 3 aromatic rings. The minimum atomic E-state index is -1.20. The van der Waals surface area contributed by atoms with Crippen molar-refractivity contribution in [3.63, 3.8) is 0 Å². The van der Waals surface area contributed by atoms with Crippen LogP contribution in [-0.2, 0) is 46.4 Å². The Morgan fingerprint density at radius 2 is 1.41 bits per heavy atom. The molecule has 1 fully saturated rings. The first-order valence-corrected chi connectivity index (χ1v) is 21.2. The van der Waals surface area contributed by atoms with Crippen molar-refractivity contribution in [2.24, 2.45) is 27.2 Å². The predicted molar refractivity (Wildman–Crippen MR) is 241 cm³/mol. The molecule has 1 heterocycles. The molecule has 20 nitrogen and oxygen atoms in total. The first-order valence-electron chi connectivity index (χ1n) is 21.2. The van der Waals surface area contributed by atoms with Crippen molar-refractivity contribution in [1.82, 2.24) is 36.8 Å². The number of rotatable bonds is 17. The van der Waals surface area contributed by atoms with E-state index in [0.717, 1.165) is 16.3 Å². The molecule has 0 bridgehead atoms. The normalized spacial score (nSPS) is 19.0. The summed E-state index contributed by atoms with van der Waals surface area (Å²) >= 11 is 0. The lowest BCUT2D eigenvalue weighted by atomic mass is 10.0. The molecule has 3 aromatic carbocycles. The molecule has 4 rings (SSSR count). The van der Waals surface area contributed by atoms with E-state index in [9.17, 15) is 38.7 Å². The van der Waals surface area contributed by atoms with Gasteiger partial charge in [-0.2, -0.15) is 0 Å². The lowest BCUT2D eigenvalue weighted by molar-refractivity contribution is -0.143. The lowest BCUT2D eigenvalue weighted by Gasteiger charge is -2.33. The summed E-state index contributed by atoms with van der Waals surface area (Å²) in [6.07, 6.45) is 2.66. The van der Waals surface area contributed by atoms with Crippen LogP contribution in [0.3, 0.4) is 0 Å². The van der Waals surface area contributed by atoms with Gasteiger partial charge < -0.3 is 53.8 Å². The number of guanidine groups is 2. The number of benzene rings is 3. The number of phenols is 1. The number of nitrogens with two attached hydrogens (primary N) is 3. The molecule has 344 valence electrons. The molecule has 13 N–H and O–H groups in total. The van der Waals surface area contributed by atoms with E-state index in [0.29, 0.717) is 37.8 Å². The summed E-state index contributed by atoms with van der Waals surface area (Å²) < 4.78 is 0. The second-order valence-corrected chi connectivity index (χ2v) is 15.5. The number of aromatic hydroxyl groups is 1. The topological polar surface area (TPSA) is 318 Å². The maximum Gasteiger partial charge on any atom is 0.246 e. The molecule has 0 unspecified atom stereocenters. The van der Waals surface area contributed by atoms with Crippen LogP contribution in [0.25, 0.3) is 10.8 Å². The fraction of sp³-hybridized carbons (Fsp3) is 0.432. The Labute approximate surface area is 371 Å². The lowest BCUT2D eigenvalue weighted by Crippen LogP contribution is -2.58. The third kappa shape index (κ3) is 16.6. The maximum absolute atomic E-state index is 14.6. The highest BCUT2D eigenvalue weighted by molar-refractivity contribution is 5.98. The second kappa shape index (κ2) is 25.0. The number of carbonyl (C=O) groups excluding carboxylic acids is 7. The third-order valence-corrected chi connectivity index (χ3v) is 10.4. The van der Waals surface area contributed by atoms with Crippen LogP contribution in [0.1, 0.15) is 63.5 Å². The monoisotopic (exact) mass is 884 g/mol. The Hall–Kier alpha value is -7.25. The zero-order valence-electron chi connectivity index (χ0n) is 36.2. The highest BCUT2D eigenvalue weighted by atomic mass is 16.3. The Balaban J connectivity index is 1.58. The van der Waals surface area contributed by atoms with Gasteiger partial charge in [0.2, 0.25) is 41.4 Å². The number of hydrogen-bond donors (Lipinski definition) is 10. The summed E-state index contributed by atoms with van der Waals surface area (Å²) in [5.41, 5.74) is 18.2. The van der Waals surface area contributed by atoms with Crippen molar-refractivity contribution in [3.8, 4) is 5.75 Å². The maximum atomic E-state index is 14.6. The van der Waals surface area contributed by atoms with Gasteiger partial charge in [-0.05, 0) is 66.6 Å². The largest absolute Gasteiger partial charge is 0.508 e. The Morgan fingerprint density at radius 3 is 2.12 bits per heavy atom. The first-order chi connectivity index (χ1) is 30.6. The number of hydrogen-bond acceptors (Lipinski definition) is 10. The fourth-order valence-corrected chi connectivity index (χ4v) is 6.97. The molecular weight excluding hydrogens is 825 g/mol. The molecule has 0 aliphatic carbocycles. The quantitative estimate of drug-likeness (QED) is 0.0460. The molecule has 0 aromatic heterocycles. The molecule has 20 heteroatoms. The van der Waals surface area contributed by atoms with E-state index < -0.39 is 66.2 Å². The van der Waals surface area contributed by atoms with Crippen LogP contribution >= 0.6 is 0 Å². The van der Waals surface area contributed by atoms with Crippen molar-refractivity contribution >= 4 is 64.0 Å². The average Bonchev–Trinajstić information content (AvgIpc) is 3.26. The Kier molecular flexibility index (Phi) is 19.3. The van der Waals surface area contributed by atoms with Crippen LogP contribution in [-0.4, -0.2) is 120 Å². The highest BCUT2D eigenvalue weighted by Gasteiger charge is 2.35. The highest BCUT2D eigenvalue weighted by Crippen LogP contribution is 2.18. The molecule has 7 amide bonds. The van der Waals surface area contributed by atoms with Gasteiger partial charge in [-0.25, -0.2) is 0 Å². The van der Waals surface area contributed by atoms with Crippen LogP contribution in [0.2, 0.25) is 0 Å². The van der Waals surface area contributed by atoms with Crippen LogP contribution < -0.4 is 49.1 Å². The summed E-state index contributed by atoms with van der Waals surface area (Å²) in [5.74, 6) is -4.35. The van der Waals surface area contributed by atoms with Gasteiger partial charge in [-0.3, -0.25) is 48.9 Å². The minimum absolute atomic E-state index is 0.00478. The van der Waals surface area contributed by atoms with Gasteiger partial charge in [0.15, 0.2) is 11.9 Å². The van der Waals surface area contributed by atoms with Crippen LogP contribution in [0.5, 0.6) is 5.75 Å². The zero-order valence-corrected chi connectivity index (χ0v) is 36.2. The number of phenolic OH excluding ortho intramolecular Hbond substituents is 1. The van der Waals surface area contributed by atoms with Gasteiger partial charge in [-0.1, -0.05) is 67.4 Å². The van der Waals surface area contributed by atoms with Crippen LogP contribution in [0, 0.1) is 0 Å². The zero-order chi connectivity index (χ0) is 46.6. The summed E-state index contributed by atoms with van der Waals surface area (Å²) in [5, 5.41) is 27.6. The number of unbranched alkanes of at least 4 members (excludes halogenated alkanes) is 3. The van der Waals surface area contributed by atoms with Gasteiger partial charge in [0.05, 0.1) is 13.1 Å². The van der Waals surface area contributed by atoms with Crippen LogP contribution in [0.15, 0.2) is 76.7 Å². The number of carbonyl (C=O) groups is 7. The summed E-state index contributed by atoms with van der Waals surface area (Å²) in [6.45, 7) is 2.59. The second-order valence-electron chi connectivity index (χ2n) is 15.5. The predicted octanol–water partition coefficient (Wildman–Crippen LogP) is -0.687. The summed E-state index contributed by atoms with van der Waals surface area (Å²) in [6, 6.07) is 14.8. The standard InChI is InChI=1S/C44H60N12O8/c1-27-39(61)53-34(12-9-20-48-43(45)46)41(63)54-35(24-30-13-16-31-10-5-6-11-32(31)22-30)40(62)51-26-37(59)52-36(23-29-14-17-33(58)18-15-29)42(64)56(27)21-8-4-3-7-19-49-44(47)55-38(60)25-50-28(2)57/h5-6,10-11,13-18,22,27,34-36,58H,3-4,7-9,12,19-21,23-26H2,1-2H3,(H,50,57)(H,51,62)(H,52,59)(H,53,61)(H,54,63)(H4,45,46,48)(H3,47,49,55,60)/t27-,34+,35+,36-/m1/s1. The number of fused-ring (bicyclic) bond motifs is 1. The molecule has 0 saturated carbocycles. The van der Waals surface area contributed by atoms with Gasteiger partial charge >= 0.3 is 0 Å². The number of aliphatic imine (C=N–C) groups is 2. The number of nitrogens with zero attached hydrogens (tertiary/aromatic N) is 3. The van der Waals surface area contributed by atoms with E-state index >= 15 is 0 Å². The van der Waals surface area contributed by atoms with E-state index in [1.165, 1.54) is 30.9 Å². The molecule has 1 saturated heterocycles. The van der Waals surface area contributed by atoms with E-state index in [2.05, 4.69) is 41.9 Å². The Morgan fingerprint density at radius 1 is 0.750 bits per heavy atom. The van der Waals surface area contributed by atoms with Gasteiger partial charge in [-0.15, -0.1) is 0 Å². The van der Waals surface area contributed by atoms with E-state index in [-0.39, 0.29) is 68.9 Å². The molecule has 64 heavy (non-hydrogen) atoms. The van der Waals surface area contributed by atoms with E-state index in [1.54, 1.807) is 12.1 Å². The number of nitrogens with one attached hydrogen (secondary N) is 6. The molecule has 1 aliphatic rings. The molecular formula is C44H60N12O8. The van der Waals surface area contributed by atoms with Crippen molar-refractivity contribution in [1.29, 1.82) is 0 Å².